The van der Waals surface area contributed by atoms with Gasteiger partial charge in [0, 0.05) is 27.6 Å². The summed E-state index contributed by atoms with van der Waals surface area (Å²) >= 11 is 14.0. The molecule has 1 nitrogen and oxygen atoms in total. The second kappa shape index (κ2) is 4.31. The van der Waals surface area contributed by atoms with Crippen molar-refractivity contribution in [2.75, 3.05) is 12.8 Å². The van der Waals surface area contributed by atoms with Crippen LogP contribution in [0, 0.1) is 0 Å². The highest BCUT2D eigenvalue weighted by Gasteiger charge is 2.21. The largest absolute Gasteiger partial charge is 0.312 e. The Hall–Kier alpha value is 0.110. The van der Waals surface area contributed by atoms with E-state index in [-0.39, 0.29) is 0 Å². The maximum Gasteiger partial charge on any atom is 0.0464 e. The first-order valence-electron chi connectivity index (χ1n) is 4.45. The molecule has 0 radical (unpaired) electrons. The minimum Gasteiger partial charge on any atom is -0.312 e. The van der Waals surface area contributed by atoms with Gasteiger partial charge in [0.25, 0.3) is 0 Å². The van der Waals surface area contributed by atoms with Crippen molar-refractivity contribution in [3.05, 3.63) is 33.3 Å². The number of benzene rings is 1. The minimum absolute atomic E-state index is 0.375. The van der Waals surface area contributed by atoms with Gasteiger partial charge in [0.05, 0.1) is 0 Å². The lowest BCUT2D eigenvalue weighted by Gasteiger charge is -2.25. The van der Waals surface area contributed by atoms with Crippen LogP contribution in [0.4, 0.5) is 0 Å². The fourth-order valence-electron chi connectivity index (χ4n) is 1.69. The summed E-state index contributed by atoms with van der Waals surface area (Å²) in [6, 6.07) is 4.21. The molecule has 1 unspecified atom stereocenters. The number of nitrogens with one attached hydrogen (secondary N) is 1. The molecule has 1 atom stereocenters. The van der Waals surface area contributed by atoms with Gasteiger partial charge in [-0.1, -0.05) is 23.2 Å². The Morgan fingerprint density at radius 2 is 2.21 bits per heavy atom. The molecular weight excluding hydrogens is 237 g/mol. The summed E-state index contributed by atoms with van der Waals surface area (Å²) in [4.78, 5) is 0. The van der Waals surface area contributed by atoms with Gasteiger partial charge in [0.15, 0.2) is 0 Å². The molecule has 1 N–H and O–H groups in total. The zero-order chi connectivity index (χ0) is 10.1. The third-order valence-corrected chi connectivity index (χ3v) is 4.07. The lowest BCUT2D eigenvalue weighted by Crippen LogP contribution is -2.23. The zero-order valence-corrected chi connectivity index (χ0v) is 10.1. The van der Waals surface area contributed by atoms with Crippen LogP contribution in [0.25, 0.3) is 0 Å². The fraction of sp³-hybridized carbons (Fsp3) is 0.400. The van der Waals surface area contributed by atoms with Gasteiger partial charge in [-0.05, 0) is 30.3 Å². The first kappa shape index (κ1) is 10.6. The number of fused-ring (bicyclic) bond motifs is 1. The van der Waals surface area contributed by atoms with Crippen molar-refractivity contribution in [2.45, 2.75) is 11.8 Å². The summed E-state index contributed by atoms with van der Waals surface area (Å²) in [5.74, 6) is 2.07. The standard InChI is InChI=1S/C10H11Cl2NS/c1-13-10-5-14-4-8-7(10)2-6(11)3-9(8)12/h2-3,10,13H,4-5H2,1H3. The second-order valence-electron chi connectivity index (χ2n) is 3.31. The molecule has 2 rings (SSSR count). The molecule has 1 heterocycles. The maximum atomic E-state index is 6.14. The lowest BCUT2D eigenvalue weighted by molar-refractivity contribution is 0.651. The van der Waals surface area contributed by atoms with Crippen molar-refractivity contribution in [2.24, 2.45) is 0 Å². The van der Waals surface area contributed by atoms with Crippen LogP contribution in [-0.2, 0) is 5.75 Å². The summed E-state index contributed by atoms with van der Waals surface area (Å²) < 4.78 is 0. The van der Waals surface area contributed by atoms with Gasteiger partial charge >= 0.3 is 0 Å². The summed E-state index contributed by atoms with van der Waals surface area (Å²) in [7, 11) is 1.97. The Balaban J connectivity index is 2.51. The van der Waals surface area contributed by atoms with Crippen LogP contribution >= 0.6 is 35.0 Å². The van der Waals surface area contributed by atoms with Crippen LogP contribution < -0.4 is 5.32 Å². The van der Waals surface area contributed by atoms with Crippen molar-refractivity contribution in [1.82, 2.24) is 5.32 Å². The van der Waals surface area contributed by atoms with Crippen molar-refractivity contribution in [1.29, 1.82) is 0 Å². The molecule has 1 aromatic rings. The smallest absolute Gasteiger partial charge is 0.0464 e. The van der Waals surface area contributed by atoms with E-state index in [4.69, 9.17) is 23.2 Å². The Morgan fingerprint density at radius 1 is 1.43 bits per heavy atom. The van der Waals surface area contributed by atoms with Crippen molar-refractivity contribution < 1.29 is 0 Å². The summed E-state index contributed by atoms with van der Waals surface area (Å²) in [5.41, 5.74) is 2.48. The highest BCUT2D eigenvalue weighted by molar-refractivity contribution is 7.98. The quantitative estimate of drug-likeness (QED) is 0.816. The Kier molecular flexibility index (Phi) is 3.27. The third kappa shape index (κ3) is 1.89. The molecule has 76 valence electrons. The summed E-state index contributed by atoms with van der Waals surface area (Å²) in [5, 5.41) is 4.79. The minimum atomic E-state index is 0.375. The van der Waals surface area contributed by atoms with E-state index in [1.54, 1.807) is 0 Å². The Bertz CT molecular complexity index is 354. The topological polar surface area (TPSA) is 12.0 Å². The van der Waals surface area contributed by atoms with Gasteiger partial charge in [-0.3, -0.25) is 0 Å². The fourth-order valence-corrected chi connectivity index (χ4v) is 3.58. The molecule has 1 aromatic carbocycles. The monoisotopic (exact) mass is 247 g/mol. The van der Waals surface area contributed by atoms with Crippen LogP contribution in [0.15, 0.2) is 12.1 Å². The van der Waals surface area contributed by atoms with Gasteiger partial charge < -0.3 is 5.32 Å². The highest BCUT2D eigenvalue weighted by Crippen LogP contribution is 2.37. The number of rotatable bonds is 1. The molecule has 0 saturated carbocycles. The molecule has 0 aromatic heterocycles. The number of hydrogen-bond donors (Lipinski definition) is 1. The number of hydrogen-bond acceptors (Lipinski definition) is 2. The van der Waals surface area contributed by atoms with Gasteiger partial charge in [-0.2, -0.15) is 11.8 Å². The molecule has 1 aliphatic heterocycles. The highest BCUT2D eigenvalue weighted by atomic mass is 35.5. The molecular formula is C10H11Cl2NS. The average molecular weight is 248 g/mol. The van der Waals surface area contributed by atoms with E-state index in [9.17, 15) is 0 Å². The van der Waals surface area contributed by atoms with E-state index >= 15 is 0 Å². The van der Waals surface area contributed by atoms with Crippen LogP contribution in [-0.4, -0.2) is 12.8 Å². The summed E-state index contributed by atoms with van der Waals surface area (Å²) in [6.45, 7) is 0. The second-order valence-corrected chi connectivity index (χ2v) is 5.19. The molecule has 14 heavy (non-hydrogen) atoms. The van der Waals surface area contributed by atoms with Gasteiger partial charge in [-0.25, -0.2) is 0 Å². The predicted octanol–water partition coefficient (Wildman–Crippen LogP) is 3.50. The molecule has 0 bridgehead atoms. The van der Waals surface area contributed by atoms with E-state index < -0.39 is 0 Å². The zero-order valence-electron chi connectivity index (χ0n) is 7.81. The molecule has 1 aliphatic rings. The third-order valence-electron chi connectivity index (χ3n) is 2.45. The number of thioether (sulfide) groups is 1. The molecule has 0 spiro atoms. The number of halogens is 2. The van der Waals surface area contributed by atoms with Gasteiger partial charge in [-0.15, -0.1) is 0 Å². The molecule has 4 heteroatoms. The first-order valence-corrected chi connectivity index (χ1v) is 6.36. The molecule has 0 aliphatic carbocycles. The van der Waals surface area contributed by atoms with Crippen LogP contribution in [0.5, 0.6) is 0 Å². The van der Waals surface area contributed by atoms with E-state index in [0.29, 0.717) is 6.04 Å². The Labute approximate surface area is 98.2 Å². The summed E-state index contributed by atoms with van der Waals surface area (Å²) in [6.07, 6.45) is 0. The van der Waals surface area contributed by atoms with Crippen molar-refractivity contribution >= 4 is 35.0 Å². The molecule has 0 amide bonds. The van der Waals surface area contributed by atoms with Gasteiger partial charge in [0.1, 0.15) is 0 Å². The normalized spacial score (nSPS) is 20.6. The van der Waals surface area contributed by atoms with Crippen LogP contribution in [0.3, 0.4) is 0 Å². The SMILES string of the molecule is CNC1CSCc2c(Cl)cc(Cl)cc21. The molecule has 0 saturated heterocycles. The Morgan fingerprint density at radius 3 is 2.93 bits per heavy atom. The van der Waals surface area contributed by atoms with Crippen molar-refractivity contribution in [3.8, 4) is 0 Å². The van der Waals surface area contributed by atoms with Crippen LogP contribution in [0.1, 0.15) is 17.2 Å². The van der Waals surface area contributed by atoms with E-state index in [2.05, 4.69) is 5.32 Å². The molecule has 0 fully saturated rings. The average Bonchev–Trinajstić information content (AvgIpc) is 2.17. The van der Waals surface area contributed by atoms with E-state index in [1.807, 2.05) is 30.9 Å². The lowest BCUT2D eigenvalue weighted by atomic mass is 10.0. The van der Waals surface area contributed by atoms with Crippen LogP contribution in [0.2, 0.25) is 10.0 Å². The predicted molar refractivity (Wildman–Crippen MR) is 64.4 cm³/mol. The van der Waals surface area contributed by atoms with E-state index in [0.717, 1.165) is 21.6 Å². The maximum absolute atomic E-state index is 6.14. The van der Waals surface area contributed by atoms with Crippen molar-refractivity contribution in [3.63, 3.8) is 0 Å². The van der Waals surface area contributed by atoms with Gasteiger partial charge in [0.2, 0.25) is 0 Å². The first-order chi connectivity index (χ1) is 6.72. The van der Waals surface area contributed by atoms with E-state index in [1.165, 1.54) is 11.1 Å².